The lowest BCUT2D eigenvalue weighted by Gasteiger charge is -2.13. The zero-order valence-corrected chi connectivity index (χ0v) is 21.6. The molecule has 0 radical (unpaired) electrons. The molecule has 10 heteroatoms. The summed E-state index contributed by atoms with van der Waals surface area (Å²) in [5, 5.41) is 8.80. The summed E-state index contributed by atoms with van der Waals surface area (Å²) in [4.78, 5) is 51.9. The number of urea groups is 1. The molecule has 0 saturated carbocycles. The highest BCUT2D eigenvalue weighted by Crippen LogP contribution is 2.25. The van der Waals surface area contributed by atoms with E-state index < -0.39 is 30.2 Å². The predicted octanol–water partition coefficient (Wildman–Crippen LogP) is 4.51. The molecule has 1 aliphatic rings. The Bertz CT molecular complexity index is 1660. The molecular formula is C30H26FN5O4. The number of fused-ring (bicyclic) bond motifs is 1. The van der Waals surface area contributed by atoms with Gasteiger partial charge >= 0.3 is 6.03 Å². The molecule has 5 amide bonds. The van der Waals surface area contributed by atoms with Crippen molar-refractivity contribution in [1.82, 2.24) is 14.8 Å². The molecule has 0 bridgehead atoms. The Hall–Kier alpha value is -5.25. The van der Waals surface area contributed by atoms with Crippen molar-refractivity contribution in [3.8, 4) is 0 Å². The maximum Gasteiger partial charge on any atom is 0.329 e. The SMILES string of the molecule is CCc1ccccc1NC(=O)CN1C(=O)N/C(=C/c2cn(CC(=O)Nc3ccc(F)cc3)c3ccccc23)C1=O. The average molecular weight is 540 g/mol. The summed E-state index contributed by atoms with van der Waals surface area (Å²) >= 11 is 0. The van der Waals surface area contributed by atoms with Crippen molar-refractivity contribution in [2.75, 3.05) is 17.2 Å². The van der Waals surface area contributed by atoms with E-state index >= 15 is 0 Å². The quantitative estimate of drug-likeness (QED) is 0.226. The van der Waals surface area contributed by atoms with Crippen molar-refractivity contribution >= 4 is 52.1 Å². The number of para-hydroxylation sites is 2. The largest absolute Gasteiger partial charge is 0.337 e. The lowest BCUT2D eigenvalue weighted by molar-refractivity contribution is -0.127. The zero-order chi connectivity index (χ0) is 28.2. The van der Waals surface area contributed by atoms with Crippen LogP contribution >= 0.6 is 0 Å². The van der Waals surface area contributed by atoms with Crippen LogP contribution < -0.4 is 16.0 Å². The third-order valence-electron chi connectivity index (χ3n) is 6.50. The first-order valence-corrected chi connectivity index (χ1v) is 12.7. The molecule has 1 fully saturated rings. The molecule has 2 heterocycles. The van der Waals surface area contributed by atoms with Crippen molar-refractivity contribution in [1.29, 1.82) is 0 Å². The predicted molar refractivity (Wildman–Crippen MR) is 150 cm³/mol. The molecule has 0 atom stereocenters. The summed E-state index contributed by atoms with van der Waals surface area (Å²) in [5.74, 6) is -1.84. The van der Waals surface area contributed by atoms with Gasteiger partial charge in [-0.3, -0.25) is 14.4 Å². The molecule has 3 aromatic carbocycles. The second-order valence-corrected chi connectivity index (χ2v) is 9.22. The van der Waals surface area contributed by atoms with Crippen LogP contribution in [0.15, 0.2) is 84.7 Å². The van der Waals surface area contributed by atoms with Crippen LogP contribution in [0.4, 0.5) is 20.6 Å². The van der Waals surface area contributed by atoms with E-state index in [1.807, 2.05) is 43.3 Å². The molecule has 1 aromatic heterocycles. The second-order valence-electron chi connectivity index (χ2n) is 9.22. The minimum Gasteiger partial charge on any atom is -0.337 e. The number of nitrogens with one attached hydrogen (secondary N) is 3. The smallest absolute Gasteiger partial charge is 0.329 e. The number of nitrogens with zero attached hydrogens (tertiary/aromatic N) is 2. The van der Waals surface area contributed by atoms with E-state index in [0.29, 0.717) is 23.4 Å². The molecule has 9 nitrogen and oxygen atoms in total. The fraction of sp³-hybridized carbons (Fsp3) is 0.133. The molecule has 0 spiro atoms. The van der Waals surface area contributed by atoms with Gasteiger partial charge in [0.05, 0.1) is 0 Å². The van der Waals surface area contributed by atoms with Crippen molar-refractivity contribution in [2.24, 2.45) is 0 Å². The number of aromatic nitrogens is 1. The van der Waals surface area contributed by atoms with Crippen LogP contribution in [0.25, 0.3) is 17.0 Å². The summed E-state index contributed by atoms with van der Waals surface area (Å²) in [6, 6.07) is 19.4. The third-order valence-corrected chi connectivity index (χ3v) is 6.50. The van der Waals surface area contributed by atoms with Crippen molar-refractivity contribution in [2.45, 2.75) is 19.9 Å². The van der Waals surface area contributed by atoms with Gasteiger partial charge in [-0.1, -0.05) is 43.3 Å². The van der Waals surface area contributed by atoms with Gasteiger partial charge in [-0.25, -0.2) is 14.1 Å². The average Bonchev–Trinajstić information content (AvgIpc) is 3.41. The van der Waals surface area contributed by atoms with Crippen LogP contribution in [0.5, 0.6) is 0 Å². The van der Waals surface area contributed by atoms with E-state index in [0.717, 1.165) is 21.4 Å². The van der Waals surface area contributed by atoms with Gasteiger partial charge < -0.3 is 20.5 Å². The molecule has 5 rings (SSSR count). The number of rotatable bonds is 8. The molecular weight excluding hydrogens is 513 g/mol. The van der Waals surface area contributed by atoms with Crippen molar-refractivity contribution in [3.63, 3.8) is 0 Å². The number of amides is 5. The Morgan fingerprint density at radius 3 is 2.38 bits per heavy atom. The van der Waals surface area contributed by atoms with Gasteiger partial charge in [-0.15, -0.1) is 0 Å². The van der Waals surface area contributed by atoms with Crippen molar-refractivity contribution in [3.05, 3.63) is 102 Å². The number of carbonyl (C=O) groups excluding carboxylic acids is 4. The number of hydrogen-bond acceptors (Lipinski definition) is 4. The first-order valence-electron chi connectivity index (χ1n) is 12.7. The number of halogens is 1. The summed E-state index contributed by atoms with van der Waals surface area (Å²) in [6.07, 6.45) is 3.95. The first-order chi connectivity index (χ1) is 19.3. The Morgan fingerprint density at radius 2 is 1.60 bits per heavy atom. The van der Waals surface area contributed by atoms with E-state index in [1.54, 1.807) is 22.9 Å². The summed E-state index contributed by atoms with van der Waals surface area (Å²) < 4.78 is 14.9. The number of aryl methyl sites for hydroxylation is 1. The monoisotopic (exact) mass is 539 g/mol. The molecule has 40 heavy (non-hydrogen) atoms. The van der Waals surface area contributed by atoms with Gasteiger partial charge in [-0.05, 0) is 54.5 Å². The van der Waals surface area contributed by atoms with Crippen LogP contribution in [-0.4, -0.2) is 39.8 Å². The number of imide groups is 1. The van der Waals surface area contributed by atoms with Gasteiger partial charge in [0, 0.05) is 34.0 Å². The lowest BCUT2D eigenvalue weighted by atomic mass is 10.1. The summed E-state index contributed by atoms with van der Waals surface area (Å²) in [6.45, 7) is 1.49. The van der Waals surface area contributed by atoms with E-state index in [-0.39, 0.29) is 18.1 Å². The first kappa shape index (κ1) is 26.4. The van der Waals surface area contributed by atoms with Gasteiger partial charge in [0.25, 0.3) is 5.91 Å². The van der Waals surface area contributed by atoms with Gasteiger partial charge in [0.15, 0.2) is 0 Å². The number of hydrogen-bond donors (Lipinski definition) is 3. The minimum absolute atomic E-state index is 0.0189. The number of benzene rings is 3. The van der Waals surface area contributed by atoms with Gasteiger partial charge in [0.1, 0.15) is 24.6 Å². The van der Waals surface area contributed by atoms with Crippen LogP contribution in [-0.2, 0) is 27.3 Å². The summed E-state index contributed by atoms with van der Waals surface area (Å²) in [5.41, 5.74) is 3.41. The number of anilines is 2. The Labute approximate surface area is 229 Å². The van der Waals surface area contributed by atoms with Crippen LogP contribution in [0.1, 0.15) is 18.1 Å². The maximum atomic E-state index is 13.2. The molecule has 202 valence electrons. The lowest BCUT2D eigenvalue weighted by Crippen LogP contribution is -2.38. The van der Waals surface area contributed by atoms with Gasteiger partial charge in [-0.2, -0.15) is 0 Å². The highest BCUT2D eigenvalue weighted by atomic mass is 19.1. The fourth-order valence-corrected chi connectivity index (χ4v) is 4.56. The summed E-state index contributed by atoms with van der Waals surface area (Å²) in [7, 11) is 0. The minimum atomic E-state index is -0.697. The van der Waals surface area contributed by atoms with Crippen LogP contribution in [0, 0.1) is 5.82 Å². The highest BCUT2D eigenvalue weighted by Gasteiger charge is 2.35. The van der Waals surface area contributed by atoms with Crippen LogP contribution in [0.2, 0.25) is 0 Å². The van der Waals surface area contributed by atoms with Crippen molar-refractivity contribution < 1.29 is 23.6 Å². The molecule has 1 aliphatic heterocycles. The maximum absolute atomic E-state index is 13.2. The molecule has 3 N–H and O–H groups in total. The molecule has 0 aliphatic carbocycles. The molecule has 4 aromatic rings. The highest BCUT2D eigenvalue weighted by molar-refractivity contribution is 6.16. The zero-order valence-electron chi connectivity index (χ0n) is 21.6. The third kappa shape index (κ3) is 5.60. The normalized spacial score (nSPS) is 14.1. The standard InChI is InChI=1S/C30H26FN5O4/c1-2-19-7-3-5-9-24(19)33-28(38)18-36-29(39)25(34-30(36)40)15-20-16-35(26-10-6-4-8-23(20)26)17-27(37)32-22-13-11-21(31)12-14-22/h3-16H,2,17-18H2,1H3,(H,32,37)(H,33,38)(H,34,40)/b25-15+. The number of carbonyl (C=O) groups is 4. The van der Waals surface area contributed by atoms with E-state index in [1.165, 1.54) is 30.3 Å². The Kier molecular flexibility index (Phi) is 7.41. The molecule has 0 unspecified atom stereocenters. The van der Waals surface area contributed by atoms with Crippen LogP contribution in [0.3, 0.4) is 0 Å². The Morgan fingerprint density at radius 1 is 0.900 bits per heavy atom. The molecule has 1 saturated heterocycles. The van der Waals surface area contributed by atoms with Gasteiger partial charge in [0.2, 0.25) is 11.8 Å². The topological polar surface area (TPSA) is 113 Å². The second kappa shape index (κ2) is 11.2. The van der Waals surface area contributed by atoms with E-state index in [2.05, 4.69) is 16.0 Å². The Balaban J connectivity index is 1.33. The van der Waals surface area contributed by atoms with E-state index in [4.69, 9.17) is 0 Å². The van der Waals surface area contributed by atoms with E-state index in [9.17, 15) is 23.6 Å². The fourth-order valence-electron chi connectivity index (χ4n) is 4.56.